The first kappa shape index (κ1) is 20.6. The summed E-state index contributed by atoms with van der Waals surface area (Å²) in [5.74, 6) is -1.40. The van der Waals surface area contributed by atoms with Crippen LogP contribution in [0.1, 0.15) is 28.6 Å². The van der Waals surface area contributed by atoms with Crippen LogP contribution >= 0.6 is 24.0 Å². The molecule has 1 aliphatic rings. The molecular formula is C19H16N2O6S2. The van der Waals surface area contributed by atoms with Crippen LogP contribution in [0.5, 0.6) is 5.75 Å². The molecule has 2 amide bonds. The number of thiocarbonyl (C=S) groups is 1. The first-order valence-corrected chi connectivity index (χ1v) is 9.62. The van der Waals surface area contributed by atoms with Crippen molar-refractivity contribution >= 4 is 52.2 Å². The van der Waals surface area contributed by atoms with Gasteiger partial charge < -0.3 is 14.3 Å². The second-order valence-electron chi connectivity index (χ2n) is 5.98. The molecule has 0 bridgehead atoms. The molecule has 8 nitrogen and oxygen atoms in total. The average Bonchev–Trinajstić information content (AvgIpc) is 3.21. The summed E-state index contributed by atoms with van der Waals surface area (Å²) < 4.78 is 10.7. The van der Waals surface area contributed by atoms with Crippen LogP contribution in [0.3, 0.4) is 0 Å². The van der Waals surface area contributed by atoms with Crippen molar-refractivity contribution in [1.82, 2.24) is 10.4 Å². The molecule has 0 aliphatic carbocycles. The standard InChI is InChI=1S/C19H16N2O6S2/c1-10-13(7-8-26-10)16(22)20-21-17(23)15(29-19(21)28)9-12-5-3-4-6-14(12)27-11(2)18(24)25/h3-9,11H,1-2H3,(H,20,22)(H,24,25)/b15-9+. The first-order chi connectivity index (χ1) is 13.8. The van der Waals surface area contributed by atoms with Gasteiger partial charge in [0.25, 0.3) is 11.8 Å². The topological polar surface area (TPSA) is 109 Å². The molecule has 2 heterocycles. The number of hydrazine groups is 1. The predicted octanol–water partition coefficient (Wildman–Crippen LogP) is 2.99. The maximum atomic E-state index is 12.7. The van der Waals surface area contributed by atoms with Gasteiger partial charge in [0, 0.05) is 5.56 Å². The van der Waals surface area contributed by atoms with Gasteiger partial charge in [-0.2, -0.15) is 5.01 Å². The van der Waals surface area contributed by atoms with Crippen molar-refractivity contribution in [3.8, 4) is 5.75 Å². The fourth-order valence-corrected chi connectivity index (χ4v) is 3.61. The van der Waals surface area contributed by atoms with Crippen molar-refractivity contribution in [2.24, 2.45) is 0 Å². The van der Waals surface area contributed by atoms with Crippen molar-refractivity contribution < 1.29 is 28.6 Å². The van der Waals surface area contributed by atoms with E-state index in [9.17, 15) is 14.4 Å². The summed E-state index contributed by atoms with van der Waals surface area (Å²) in [6.07, 6.45) is 1.86. The smallest absolute Gasteiger partial charge is 0.344 e. The van der Waals surface area contributed by atoms with E-state index in [2.05, 4.69) is 5.43 Å². The van der Waals surface area contributed by atoms with E-state index in [1.807, 2.05) is 0 Å². The largest absolute Gasteiger partial charge is 0.479 e. The van der Waals surface area contributed by atoms with Crippen molar-refractivity contribution in [2.75, 3.05) is 0 Å². The van der Waals surface area contributed by atoms with E-state index < -0.39 is 23.9 Å². The van der Waals surface area contributed by atoms with E-state index in [1.165, 1.54) is 19.3 Å². The van der Waals surface area contributed by atoms with Crippen molar-refractivity contribution in [3.05, 3.63) is 58.4 Å². The molecule has 0 radical (unpaired) electrons. The zero-order chi connectivity index (χ0) is 21.1. The average molecular weight is 432 g/mol. The lowest BCUT2D eigenvalue weighted by molar-refractivity contribution is -0.144. The number of rotatable bonds is 6. The van der Waals surface area contributed by atoms with Crippen molar-refractivity contribution in [1.29, 1.82) is 0 Å². The van der Waals surface area contributed by atoms with Gasteiger partial charge in [0.15, 0.2) is 10.4 Å². The number of carboxylic acid groups (broad SMARTS) is 1. The van der Waals surface area contributed by atoms with Crippen LogP contribution in [0, 0.1) is 6.92 Å². The highest BCUT2D eigenvalue weighted by Crippen LogP contribution is 2.33. The Morgan fingerprint density at radius 1 is 1.34 bits per heavy atom. The summed E-state index contributed by atoms with van der Waals surface area (Å²) >= 11 is 6.22. The molecule has 1 aliphatic heterocycles. The summed E-state index contributed by atoms with van der Waals surface area (Å²) in [6.45, 7) is 3.04. The Hall–Kier alpha value is -3.11. The van der Waals surface area contributed by atoms with Crippen LogP contribution in [0.25, 0.3) is 6.08 Å². The molecule has 29 heavy (non-hydrogen) atoms. The second kappa shape index (κ2) is 8.50. The lowest BCUT2D eigenvalue weighted by atomic mass is 10.2. The molecule has 1 unspecified atom stereocenters. The number of benzene rings is 1. The molecule has 0 saturated carbocycles. The molecular weight excluding hydrogens is 416 g/mol. The fraction of sp³-hybridized carbons (Fsp3) is 0.158. The van der Waals surface area contributed by atoms with E-state index in [0.717, 1.165) is 16.8 Å². The van der Waals surface area contributed by atoms with Crippen LogP contribution in [-0.2, 0) is 9.59 Å². The van der Waals surface area contributed by atoms with E-state index in [1.54, 1.807) is 37.3 Å². The summed E-state index contributed by atoms with van der Waals surface area (Å²) in [6, 6.07) is 8.21. The quantitative estimate of drug-likeness (QED) is 0.530. The number of carbonyl (C=O) groups excluding carboxylic acids is 2. The molecule has 1 saturated heterocycles. The first-order valence-electron chi connectivity index (χ1n) is 8.39. The molecule has 10 heteroatoms. The highest BCUT2D eigenvalue weighted by molar-refractivity contribution is 8.26. The van der Waals surface area contributed by atoms with Gasteiger partial charge in [-0.3, -0.25) is 15.0 Å². The Kier molecular flexibility index (Phi) is 6.04. The van der Waals surface area contributed by atoms with E-state index in [4.69, 9.17) is 26.5 Å². The molecule has 150 valence electrons. The van der Waals surface area contributed by atoms with E-state index >= 15 is 0 Å². The Morgan fingerprint density at radius 2 is 2.07 bits per heavy atom. The number of thioether (sulfide) groups is 1. The molecule has 3 rings (SSSR count). The number of carboxylic acids is 1. The summed E-state index contributed by atoms with van der Waals surface area (Å²) in [4.78, 5) is 36.4. The van der Waals surface area contributed by atoms with Crippen molar-refractivity contribution in [3.63, 3.8) is 0 Å². The molecule has 0 spiro atoms. The predicted molar refractivity (Wildman–Crippen MR) is 110 cm³/mol. The molecule has 1 aromatic heterocycles. The third kappa shape index (κ3) is 4.49. The molecule has 2 aromatic rings. The Bertz CT molecular complexity index is 1030. The zero-order valence-electron chi connectivity index (χ0n) is 15.4. The maximum Gasteiger partial charge on any atom is 0.344 e. The monoisotopic (exact) mass is 432 g/mol. The number of aliphatic carboxylic acids is 1. The van der Waals surface area contributed by atoms with Gasteiger partial charge in [-0.15, -0.1) is 0 Å². The van der Waals surface area contributed by atoms with Crippen LogP contribution in [0.4, 0.5) is 0 Å². The number of nitrogens with zero attached hydrogens (tertiary/aromatic N) is 1. The number of hydrogen-bond acceptors (Lipinski definition) is 7. The van der Waals surface area contributed by atoms with Gasteiger partial charge in [0.1, 0.15) is 11.5 Å². The number of nitrogens with one attached hydrogen (secondary N) is 1. The van der Waals surface area contributed by atoms with E-state index in [0.29, 0.717) is 22.6 Å². The molecule has 2 N–H and O–H groups in total. The van der Waals surface area contributed by atoms with Crippen LogP contribution in [-0.4, -0.2) is 38.3 Å². The van der Waals surface area contributed by atoms with Crippen LogP contribution in [0.2, 0.25) is 0 Å². The Balaban J connectivity index is 1.81. The molecule has 1 atom stereocenters. The normalized spacial score (nSPS) is 16.2. The van der Waals surface area contributed by atoms with Gasteiger partial charge in [-0.05, 0) is 44.3 Å². The molecule has 1 fully saturated rings. The second-order valence-corrected chi connectivity index (χ2v) is 7.66. The number of hydrogen-bond donors (Lipinski definition) is 2. The van der Waals surface area contributed by atoms with Crippen LogP contribution < -0.4 is 10.2 Å². The minimum absolute atomic E-state index is 0.160. The number of aryl methyl sites for hydroxylation is 1. The minimum atomic E-state index is -1.11. The summed E-state index contributed by atoms with van der Waals surface area (Å²) in [5, 5.41) is 10.0. The number of ether oxygens (including phenoxy) is 1. The summed E-state index contributed by atoms with van der Waals surface area (Å²) in [7, 11) is 0. The van der Waals surface area contributed by atoms with Gasteiger partial charge >= 0.3 is 5.97 Å². The zero-order valence-corrected chi connectivity index (χ0v) is 17.0. The number of furan rings is 1. The molecule has 1 aromatic carbocycles. The lowest BCUT2D eigenvalue weighted by Gasteiger charge is -2.15. The minimum Gasteiger partial charge on any atom is -0.479 e. The highest BCUT2D eigenvalue weighted by Gasteiger charge is 2.34. The van der Waals surface area contributed by atoms with E-state index in [-0.39, 0.29) is 9.23 Å². The van der Waals surface area contributed by atoms with Gasteiger partial charge in [0.2, 0.25) is 0 Å². The summed E-state index contributed by atoms with van der Waals surface area (Å²) in [5.41, 5.74) is 3.28. The maximum absolute atomic E-state index is 12.7. The Morgan fingerprint density at radius 3 is 2.72 bits per heavy atom. The lowest BCUT2D eigenvalue weighted by Crippen LogP contribution is -2.44. The fourth-order valence-electron chi connectivity index (χ4n) is 2.44. The number of carbonyl (C=O) groups is 3. The Labute approximate surface area is 175 Å². The number of para-hydroxylation sites is 1. The van der Waals surface area contributed by atoms with Gasteiger partial charge in [-0.25, -0.2) is 4.79 Å². The number of amides is 2. The highest BCUT2D eigenvalue weighted by atomic mass is 32.2. The SMILES string of the molecule is Cc1occc1C(=O)NN1C(=O)/C(=C\c2ccccc2OC(C)C(=O)O)SC1=S. The van der Waals surface area contributed by atoms with Gasteiger partial charge in [0.05, 0.1) is 16.7 Å². The van der Waals surface area contributed by atoms with Crippen LogP contribution in [0.15, 0.2) is 45.9 Å². The third-order valence-electron chi connectivity index (χ3n) is 3.97. The van der Waals surface area contributed by atoms with Gasteiger partial charge in [-0.1, -0.05) is 30.0 Å². The van der Waals surface area contributed by atoms with Crippen molar-refractivity contribution in [2.45, 2.75) is 20.0 Å². The third-order valence-corrected chi connectivity index (χ3v) is 5.27.